The molecule has 7 nitrogen and oxygen atoms in total. The van der Waals surface area contributed by atoms with Gasteiger partial charge in [0.25, 0.3) is 11.6 Å². The number of carbonyl (C=O) groups excluding carboxylic acids is 1. The Kier molecular flexibility index (Phi) is 3.26. The lowest BCUT2D eigenvalue weighted by Crippen LogP contribution is -2.13. The molecule has 2 aromatic carbocycles. The van der Waals surface area contributed by atoms with E-state index < -0.39 is 22.3 Å². The van der Waals surface area contributed by atoms with Crippen molar-refractivity contribution in [2.75, 3.05) is 5.32 Å². The number of nitro benzene ring substituents is 1. The first-order valence-electron chi connectivity index (χ1n) is 6.13. The summed E-state index contributed by atoms with van der Waals surface area (Å²) in [5, 5.41) is 23.1. The number of halogens is 1. The smallest absolute Gasteiger partial charge is 0.291 e. The topological polar surface area (TPSA) is 105 Å². The van der Waals surface area contributed by atoms with Gasteiger partial charge in [0.1, 0.15) is 22.2 Å². The number of hydrogen-bond acceptors (Lipinski definition) is 5. The van der Waals surface area contributed by atoms with Gasteiger partial charge < -0.3 is 10.4 Å². The Morgan fingerprint density at radius 3 is 2.73 bits per heavy atom. The minimum atomic E-state index is -0.712. The summed E-state index contributed by atoms with van der Waals surface area (Å²) in [6, 6.07) is 8.99. The molecule has 1 aliphatic heterocycles. The first kappa shape index (κ1) is 14.0. The van der Waals surface area contributed by atoms with Gasteiger partial charge in [-0.3, -0.25) is 14.9 Å². The lowest BCUT2D eigenvalue weighted by atomic mass is 10.1. The molecule has 0 bridgehead atoms. The first-order chi connectivity index (χ1) is 10.5. The molecule has 22 heavy (non-hydrogen) atoms. The molecule has 1 aliphatic rings. The number of nitro groups is 1. The van der Waals surface area contributed by atoms with E-state index in [0.717, 1.165) is 12.1 Å². The van der Waals surface area contributed by atoms with E-state index in [0.29, 0.717) is 11.3 Å². The van der Waals surface area contributed by atoms with Gasteiger partial charge in [0, 0.05) is 5.56 Å². The highest BCUT2D eigenvalue weighted by molar-refractivity contribution is 6.54. The van der Waals surface area contributed by atoms with Crippen molar-refractivity contribution in [3.63, 3.8) is 0 Å². The highest BCUT2D eigenvalue weighted by Crippen LogP contribution is 2.37. The molecule has 1 amide bonds. The third-order valence-electron chi connectivity index (χ3n) is 3.12. The first-order valence-corrected chi connectivity index (χ1v) is 6.51. The third kappa shape index (κ3) is 2.27. The van der Waals surface area contributed by atoms with Crippen LogP contribution in [0, 0.1) is 10.1 Å². The minimum Gasteiger partial charge on any atom is -0.505 e. The number of amides is 1. The van der Waals surface area contributed by atoms with Crippen molar-refractivity contribution in [1.29, 1.82) is 0 Å². The summed E-state index contributed by atoms with van der Waals surface area (Å²) in [6.45, 7) is 0. The average Bonchev–Trinajstić information content (AvgIpc) is 2.78. The second kappa shape index (κ2) is 5.12. The van der Waals surface area contributed by atoms with Crippen molar-refractivity contribution in [1.82, 2.24) is 0 Å². The van der Waals surface area contributed by atoms with Crippen molar-refractivity contribution in [3.05, 3.63) is 57.1 Å². The van der Waals surface area contributed by atoms with Crippen LogP contribution in [0.4, 0.5) is 17.1 Å². The van der Waals surface area contributed by atoms with Crippen LogP contribution in [0.5, 0.6) is 5.75 Å². The molecule has 0 spiro atoms. The molecule has 0 aromatic heterocycles. The zero-order valence-electron chi connectivity index (χ0n) is 10.9. The van der Waals surface area contributed by atoms with Crippen molar-refractivity contribution in [2.45, 2.75) is 0 Å². The van der Waals surface area contributed by atoms with Crippen LogP contribution in [0.25, 0.3) is 0 Å². The highest BCUT2D eigenvalue weighted by Gasteiger charge is 2.26. The lowest BCUT2D eigenvalue weighted by Gasteiger charge is -2.02. The van der Waals surface area contributed by atoms with Gasteiger partial charge in [0.15, 0.2) is 0 Å². The summed E-state index contributed by atoms with van der Waals surface area (Å²) in [5.74, 6) is -0.851. The summed E-state index contributed by atoms with van der Waals surface area (Å²) in [6.07, 6.45) is 0. The number of nitrogens with one attached hydrogen (secondary N) is 1. The van der Waals surface area contributed by atoms with Crippen molar-refractivity contribution in [3.8, 4) is 5.75 Å². The average molecular weight is 318 g/mol. The van der Waals surface area contributed by atoms with E-state index in [1.807, 2.05) is 0 Å². The molecule has 0 unspecified atom stereocenters. The van der Waals surface area contributed by atoms with Gasteiger partial charge in [-0.2, -0.15) is 0 Å². The molecule has 8 heteroatoms. The molecule has 2 aromatic rings. The molecule has 0 fully saturated rings. The number of nitrogens with zero attached hydrogens (tertiary/aromatic N) is 2. The number of fused-ring (bicyclic) bond motifs is 1. The molecule has 0 saturated carbocycles. The zero-order valence-corrected chi connectivity index (χ0v) is 11.7. The molecule has 0 radical (unpaired) electrons. The minimum absolute atomic E-state index is 0.0162. The Balaban J connectivity index is 2.12. The number of rotatable bonds is 2. The summed E-state index contributed by atoms with van der Waals surface area (Å²) in [5.41, 5.74) is 0.854. The number of para-hydroxylation sites is 1. The van der Waals surface area contributed by atoms with E-state index in [9.17, 15) is 20.0 Å². The van der Waals surface area contributed by atoms with Crippen molar-refractivity contribution >= 4 is 40.3 Å². The van der Waals surface area contributed by atoms with Crippen LogP contribution < -0.4 is 5.32 Å². The Hall–Kier alpha value is -2.93. The molecular weight excluding hydrogens is 310 g/mol. The summed E-state index contributed by atoms with van der Waals surface area (Å²) in [7, 11) is 0. The van der Waals surface area contributed by atoms with Crippen LogP contribution in [-0.2, 0) is 4.79 Å². The maximum Gasteiger partial charge on any atom is 0.291 e. The summed E-state index contributed by atoms with van der Waals surface area (Å²) < 4.78 is 0. The molecule has 1 heterocycles. The SMILES string of the molecule is O=C1Nc2ccccc2C1=Nc1cc(Cl)c([N+](=O)[O-])cc1O. The van der Waals surface area contributed by atoms with E-state index in [2.05, 4.69) is 10.3 Å². The van der Waals surface area contributed by atoms with E-state index in [4.69, 9.17) is 11.6 Å². The molecule has 3 rings (SSSR count). The molecular formula is C14H8ClN3O4. The molecule has 110 valence electrons. The summed E-state index contributed by atoms with van der Waals surface area (Å²) in [4.78, 5) is 26.1. The Labute approximate surface area is 129 Å². The number of phenolic OH excluding ortho intramolecular Hbond substituents is 1. The number of anilines is 1. The standard InChI is InChI=1S/C14H8ClN3O4/c15-8-5-10(12(19)6-11(8)18(21)22)16-13-7-3-1-2-4-9(7)17-14(13)20/h1-6,19H,(H,16,17,20). The third-order valence-corrected chi connectivity index (χ3v) is 3.42. The van der Waals surface area contributed by atoms with Crippen molar-refractivity contribution in [2.24, 2.45) is 4.99 Å². The van der Waals surface area contributed by atoms with Gasteiger partial charge in [-0.05, 0) is 12.1 Å². The van der Waals surface area contributed by atoms with E-state index in [-0.39, 0.29) is 16.4 Å². The van der Waals surface area contributed by atoms with Gasteiger partial charge in [0.2, 0.25) is 0 Å². The lowest BCUT2D eigenvalue weighted by molar-refractivity contribution is -0.384. The van der Waals surface area contributed by atoms with Crippen LogP contribution in [0.1, 0.15) is 5.56 Å². The van der Waals surface area contributed by atoms with Gasteiger partial charge in [-0.1, -0.05) is 29.8 Å². The number of carbonyl (C=O) groups is 1. The second-order valence-corrected chi connectivity index (χ2v) is 4.92. The predicted octanol–water partition coefficient (Wildman–Crippen LogP) is 3.03. The molecule has 0 saturated heterocycles. The Morgan fingerprint density at radius 2 is 2.00 bits per heavy atom. The van der Waals surface area contributed by atoms with Crippen molar-refractivity contribution < 1.29 is 14.8 Å². The van der Waals surface area contributed by atoms with Crippen LogP contribution in [0.2, 0.25) is 5.02 Å². The van der Waals surface area contributed by atoms with E-state index >= 15 is 0 Å². The molecule has 0 aliphatic carbocycles. The normalized spacial score (nSPS) is 14.8. The van der Waals surface area contributed by atoms with Crippen LogP contribution in [0.3, 0.4) is 0 Å². The second-order valence-electron chi connectivity index (χ2n) is 4.51. The predicted molar refractivity (Wildman–Crippen MR) is 81.0 cm³/mol. The maximum absolute atomic E-state index is 11.9. The number of aromatic hydroxyl groups is 1. The number of benzene rings is 2. The Morgan fingerprint density at radius 1 is 1.27 bits per heavy atom. The number of hydrogen-bond donors (Lipinski definition) is 2. The van der Waals surface area contributed by atoms with Gasteiger partial charge in [0.05, 0.1) is 16.7 Å². The van der Waals surface area contributed by atoms with Crippen LogP contribution in [0.15, 0.2) is 41.4 Å². The van der Waals surface area contributed by atoms with Crippen LogP contribution >= 0.6 is 11.6 Å². The number of aliphatic imine (C=N–C) groups is 1. The maximum atomic E-state index is 11.9. The molecule has 0 atom stereocenters. The van der Waals surface area contributed by atoms with Gasteiger partial charge >= 0.3 is 0 Å². The van der Waals surface area contributed by atoms with Gasteiger partial charge in [-0.15, -0.1) is 0 Å². The fourth-order valence-corrected chi connectivity index (χ4v) is 2.33. The largest absolute Gasteiger partial charge is 0.505 e. The molecule has 2 N–H and O–H groups in total. The fraction of sp³-hybridized carbons (Fsp3) is 0. The monoisotopic (exact) mass is 317 g/mol. The Bertz CT molecular complexity index is 848. The fourth-order valence-electron chi connectivity index (χ4n) is 2.10. The number of phenols is 1. The van der Waals surface area contributed by atoms with Crippen LogP contribution in [-0.4, -0.2) is 21.6 Å². The van der Waals surface area contributed by atoms with E-state index in [1.54, 1.807) is 24.3 Å². The van der Waals surface area contributed by atoms with E-state index in [1.165, 1.54) is 0 Å². The highest BCUT2D eigenvalue weighted by atomic mass is 35.5. The summed E-state index contributed by atoms with van der Waals surface area (Å²) >= 11 is 5.80. The van der Waals surface area contributed by atoms with Gasteiger partial charge in [-0.25, -0.2) is 4.99 Å². The zero-order chi connectivity index (χ0) is 15.9. The quantitative estimate of drug-likeness (QED) is 0.656.